The predicted molar refractivity (Wildman–Crippen MR) is 74.4 cm³/mol. The summed E-state index contributed by atoms with van der Waals surface area (Å²) in [5.74, 6) is 0.316. The summed E-state index contributed by atoms with van der Waals surface area (Å²) in [4.78, 5) is 14.5. The topological polar surface area (TPSA) is 32.3 Å². The monoisotopic (exact) mass is 252 g/mol. The van der Waals surface area contributed by atoms with Crippen LogP contribution >= 0.6 is 0 Å². The molecule has 1 saturated carbocycles. The fraction of sp³-hybridized carbons (Fsp3) is 0.933. The molecule has 2 aliphatic rings. The third-order valence-electron chi connectivity index (χ3n) is 4.56. The molecule has 0 aromatic heterocycles. The van der Waals surface area contributed by atoms with Gasteiger partial charge in [-0.1, -0.05) is 27.7 Å². The minimum atomic E-state index is 0.0538. The van der Waals surface area contributed by atoms with Crippen molar-refractivity contribution < 1.29 is 4.79 Å². The van der Waals surface area contributed by atoms with Crippen molar-refractivity contribution in [3.63, 3.8) is 0 Å². The van der Waals surface area contributed by atoms with Gasteiger partial charge in [-0.25, -0.2) is 0 Å². The van der Waals surface area contributed by atoms with Crippen LogP contribution in [0.3, 0.4) is 0 Å². The van der Waals surface area contributed by atoms with Crippen LogP contribution in [0, 0.1) is 10.8 Å². The summed E-state index contributed by atoms with van der Waals surface area (Å²) in [6, 6.07) is 0.493. The molecule has 1 amide bonds. The van der Waals surface area contributed by atoms with E-state index >= 15 is 0 Å². The molecule has 104 valence electrons. The van der Waals surface area contributed by atoms with Gasteiger partial charge in [-0.3, -0.25) is 4.79 Å². The van der Waals surface area contributed by atoms with Gasteiger partial charge in [0.15, 0.2) is 0 Å². The van der Waals surface area contributed by atoms with Crippen LogP contribution in [0.25, 0.3) is 0 Å². The summed E-state index contributed by atoms with van der Waals surface area (Å²) in [5.41, 5.74) is 0.703. The van der Waals surface area contributed by atoms with Crippen LogP contribution in [0.5, 0.6) is 0 Å². The van der Waals surface area contributed by atoms with Crippen LogP contribution < -0.4 is 5.32 Å². The molecule has 0 bridgehead atoms. The summed E-state index contributed by atoms with van der Waals surface area (Å²) in [6.45, 7) is 10.3. The molecular weight excluding hydrogens is 224 g/mol. The number of hydrogen-bond acceptors (Lipinski definition) is 2. The van der Waals surface area contributed by atoms with Crippen molar-refractivity contribution in [2.75, 3.05) is 13.6 Å². The quantitative estimate of drug-likeness (QED) is 0.818. The van der Waals surface area contributed by atoms with Crippen molar-refractivity contribution in [1.82, 2.24) is 10.2 Å². The second-order valence-electron chi connectivity index (χ2n) is 7.73. The molecule has 1 heterocycles. The molecule has 1 N–H and O–H groups in total. The number of amides is 1. The van der Waals surface area contributed by atoms with E-state index in [-0.39, 0.29) is 6.04 Å². The smallest absolute Gasteiger partial charge is 0.240 e. The Morgan fingerprint density at radius 2 is 1.72 bits per heavy atom. The summed E-state index contributed by atoms with van der Waals surface area (Å²) in [6.07, 6.45) is 4.53. The van der Waals surface area contributed by atoms with Crippen LogP contribution in [0.2, 0.25) is 0 Å². The van der Waals surface area contributed by atoms with Gasteiger partial charge >= 0.3 is 0 Å². The van der Waals surface area contributed by atoms with Crippen molar-refractivity contribution in [3.05, 3.63) is 0 Å². The number of likely N-dealkylation sites (tertiary alicyclic amines) is 1. The second-order valence-corrected chi connectivity index (χ2v) is 7.73. The maximum atomic E-state index is 12.3. The molecule has 2 fully saturated rings. The molecule has 1 aliphatic heterocycles. The fourth-order valence-corrected chi connectivity index (χ4v) is 4.34. The zero-order valence-corrected chi connectivity index (χ0v) is 12.5. The highest BCUT2D eigenvalue weighted by molar-refractivity contribution is 5.84. The minimum Gasteiger partial charge on any atom is -0.338 e. The zero-order chi connectivity index (χ0) is 13.6. The lowest BCUT2D eigenvalue weighted by atomic mass is 9.63. The molecule has 0 radical (unpaired) electrons. The highest BCUT2D eigenvalue weighted by atomic mass is 16.2. The maximum Gasteiger partial charge on any atom is 0.240 e. The normalized spacial score (nSPS) is 31.9. The Morgan fingerprint density at radius 1 is 1.17 bits per heavy atom. The van der Waals surface area contributed by atoms with E-state index in [1.54, 1.807) is 0 Å². The van der Waals surface area contributed by atoms with Crippen molar-refractivity contribution in [3.8, 4) is 0 Å². The first kappa shape index (κ1) is 13.9. The van der Waals surface area contributed by atoms with Crippen molar-refractivity contribution in [1.29, 1.82) is 0 Å². The Kier molecular flexibility index (Phi) is 3.48. The van der Waals surface area contributed by atoms with Gasteiger partial charge in [0, 0.05) is 12.6 Å². The number of hydrogen-bond donors (Lipinski definition) is 1. The number of carbonyl (C=O) groups excluding carboxylic acids is 1. The van der Waals surface area contributed by atoms with Gasteiger partial charge in [0.1, 0.15) is 0 Å². The van der Waals surface area contributed by atoms with E-state index in [1.807, 2.05) is 7.05 Å². The first-order valence-corrected chi connectivity index (χ1v) is 7.22. The van der Waals surface area contributed by atoms with Crippen LogP contribution in [0.1, 0.15) is 53.4 Å². The van der Waals surface area contributed by atoms with Gasteiger partial charge < -0.3 is 10.2 Å². The lowest BCUT2D eigenvalue weighted by Crippen LogP contribution is -2.48. The van der Waals surface area contributed by atoms with Crippen LogP contribution in [0.15, 0.2) is 0 Å². The molecule has 1 atom stereocenters. The van der Waals surface area contributed by atoms with E-state index in [0.29, 0.717) is 22.8 Å². The fourth-order valence-electron chi connectivity index (χ4n) is 4.34. The third kappa shape index (κ3) is 2.71. The molecule has 3 heteroatoms. The molecule has 1 aliphatic carbocycles. The number of carbonyl (C=O) groups is 1. The standard InChI is InChI=1S/C15H28N2O/c1-14(2)8-11(9-15(3,4)10-14)17-7-6-12(16-5)13(17)18/h11-12,16H,6-10H2,1-5H3. The summed E-state index contributed by atoms with van der Waals surface area (Å²) >= 11 is 0. The SMILES string of the molecule is CNC1CCN(C2CC(C)(C)CC(C)(C)C2)C1=O. The molecule has 1 unspecified atom stereocenters. The molecule has 1 saturated heterocycles. The molecule has 3 nitrogen and oxygen atoms in total. The number of likely N-dealkylation sites (N-methyl/N-ethyl adjacent to an activating group) is 1. The van der Waals surface area contributed by atoms with Crippen molar-refractivity contribution in [2.24, 2.45) is 10.8 Å². The third-order valence-corrected chi connectivity index (χ3v) is 4.56. The van der Waals surface area contributed by atoms with Gasteiger partial charge in [-0.2, -0.15) is 0 Å². The molecule has 0 spiro atoms. The molecule has 0 aromatic carbocycles. The van der Waals surface area contributed by atoms with E-state index in [9.17, 15) is 4.79 Å². The van der Waals surface area contributed by atoms with E-state index < -0.39 is 0 Å². The highest BCUT2D eigenvalue weighted by Gasteiger charge is 2.44. The number of rotatable bonds is 2. The Morgan fingerprint density at radius 3 is 2.17 bits per heavy atom. The Balaban J connectivity index is 2.12. The summed E-state index contributed by atoms with van der Waals surface area (Å²) in [5, 5.41) is 3.13. The van der Waals surface area contributed by atoms with Crippen LogP contribution in [-0.2, 0) is 4.79 Å². The number of nitrogens with zero attached hydrogens (tertiary/aromatic N) is 1. The van der Waals surface area contributed by atoms with E-state index in [4.69, 9.17) is 0 Å². The Labute approximate surface area is 111 Å². The van der Waals surface area contributed by atoms with Gasteiger partial charge in [0.2, 0.25) is 5.91 Å². The molecule has 18 heavy (non-hydrogen) atoms. The molecular formula is C15H28N2O. The van der Waals surface area contributed by atoms with E-state index in [0.717, 1.165) is 25.8 Å². The van der Waals surface area contributed by atoms with Crippen LogP contribution in [0.4, 0.5) is 0 Å². The van der Waals surface area contributed by atoms with Gasteiger partial charge in [0.05, 0.1) is 6.04 Å². The Bertz CT molecular complexity index is 319. The maximum absolute atomic E-state index is 12.3. The number of nitrogens with one attached hydrogen (secondary N) is 1. The Hall–Kier alpha value is -0.570. The summed E-state index contributed by atoms with van der Waals surface area (Å²) < 4.78 is 0. The summed E-state index contributed by atoms with van der Waals surface area (Å²) in [7, 11) is 1.89. The molecule has 2 rings (SSSR count). The van der Waals surface area contributed by atoms with Gasteiger partial charge in [-0.15, -0.1) is 0 Å². The predicted octanol–water partition coefficient (Wildman–Crippen LogP) is 2.41. The zero-order valence-electron chi connectivity index (χ0n) is 12.5. The second kappa shape index (κ2) is 4.52. The highest BCUT2D eigenvalue weighted by Crippen LogP contribution is 2.47. The minimum absolute atomic E-state index is 0.0538. The molecule has 0 aromatic rings. The first-order valence-electron chi connectivity index (χ1n) is 7.22. The van der Waals surface area contributed by atoms with E-state index in [2.05, 4.69) is 37.9 Å². The lowest BCUT2D eigenvalue weighted by Gasteiger charge is -2.47. The average Bonchev–Trinajstić information content (AvgIpc) is 2.54. The van der Waals surface area contributed by atoms with Gasteiger partial charge in [0.25, 0.3) is 0 Å². The van der Waals surface area contributed by atoms with Crippen LogP contribution in [-0.4, -0.2) is 36.5 Å². The van der Waals surface area contributed by atoms with E-state index in [1.165, 1.54) is 6.42 Å². The first-order chi connectivity index (χ1) is 8.24. The lowest BCUT2D eigenvalue weighted by molar-refractivity contribution is -0.133. The largest absolute Gasteiger partial charge is 0.338 e. The average molecular weight is 252 g/mol. The van der Waals surface area contributed by atoms with Gasteiger partial charge in [-0.05, 0) is 43.6 Å². The van der Waals surface area contributed by atoms with Crippen molar-refractivity contribution >= 4 is 5.91 Å². The van der Waals surface area contributed by atoms with Crippen molar-refractivity contribution in [2.45, 2.75) is 65.5 Å².